The summed E-state index contributed by atoms with van der Waals surface area (Å²) in [6.45, 7) is 3.54. The zero-order valence-electron chi connectivity index (χ0n) is 9.30. The molecule has 0 aromatic carbocycles. The summed E-state index contributed by atoms with van der Waals surface area (Å²) in [6.07, 6.45) is 5.04. The molecule has 0 saturated carbocycles. The van der Waals surface area contributed by atoms with E-state index in [1.807, 2.05) is 0 Å². The van der Waals surface area contributed by atoms with Crippen molar-refractivity contribution < 1.29 is 10.2 Å². The molecule has 14 heavy (non-hydrogen) atoms. The smallest absolute Gasteiger partial charge is 0.0592 e. The molecule has 0 spiro atoms. The molecule has 0 fully saturated rings. The molecule has 0 bridgehead atoms. The first-order valence-corrected chi connectivity index (χ1v) is 5.95. The summed E-state index contributed by atoms with van der Waals surface area (Å²) in [5, 5.41) is 19.0. The van der Waals surface area contributed by atoms with Crippen LogP contribution in [0.3, 0.4) is 0 Å². The summed E-state index contributed by atoms with van der Waals surface area (Å²) in [5.41, 5.74) is -0.656. The monoisotopic (exact) mass is 222 g/mol. The average molecular weight is 223 g/mol. The van der Waals surface area contributed by atoms with E-state index in [1.165, 1.54) is 0 Å². The van der Waals surface area contributed by atoms with E-state index in [-0.39, 0.29) is 6.10 Å². The van der Waals surface area contributed by atoms with Gasteiger partial charge in [0, 0.05) is 5.88 Å². The zero-order valence-corrected chi connectivity index (χ0v) is 10.1. The van der Waals surface area contributed by atoms with E-state index in [0.717, 1.165) is 25.7 Å². The van der Waals surface area contributed by atoms with Crippen LogP contribution in [0.4, 0.5) is 0 Å². The Balaban J connectivity index is 3.32. The van der Waals surface area contributed by atoms with Gasteiger partial charge in [0.05, 0.1) is 11.7 Å². The highest BCUT2D eigenvalue weighted by atomic mass is 35.5. The molecule has 0 aliphatic rings. The molecule has 0 amide bonds. The van der Waals surface area contributed by atoms with E-state index in [2.05, 4.69) is 0 Å². The Morgan fingerprint density at radius 3 is 2.29 bits per heavy atom. The predicted octanol–water partition coefficient (Wildman–Crippen LogP) is 2.70. The minimum atomic E-state index is -0.656. The number of aliphatic hydroxyl groups is 2. The topological polar surface area (TPSA) is 40.5 Å². The van der Waals surface area contributed by atoms with Crippen molar-refractivity contribution in [1.82, 2.24) is 0 Å². The van der Waals surface area contributed by atoms with Crippen molar-refractivity contribution in [2.45, 2.75) is 64.1 Å². The quantitative estimate of drug-likeness (QED) is 0.490. The molecular weight excluding hydrogens is 200 g/mol. The molecule has 0 aromatic heterocycles. The van der Waals surface area contributed by atoms with Gasteiger partial charge in [0.25, 0.3) is 0 Å². The minimum absolute atomic E-state index is 0.267. The van der Waals surface area contributed by atoms with Gasteiger partial charge in [0.1, 0.15) is 0 Å². The maximum Gasteiger partial charge on any atom is 0.0592 e. The third kappa shape index (κ3) is 10.3. The molecule has 3 heteroatoms. The first kappa shape index (κ1) is 14.2. The molecule has 2 nitrogen and oxygen atoms in total. The van der Waals surface area contributed by atoms with Crippen LogP contribution in [0.1, 0.15) is 52.4 Å². The summed E-state index contributed by atoms with van der Waals surface area (Å²) in [6, 6.07) is 0. The van der Waals surface area contributed by atoms with Crippen LogP contribution in [0.25, 0.3) is 0 Å². The maximum atomic E-state index is 9.57. The van der Waals surface area contributed by atoms with E-state index >= 15 is 0 Å². The van der Waals surface area contributed by atoms with Crippen LogP contribution in [-0.4, -0.2) is 27.8 Å². The molecule has 1 atom stereocenters. The molecule has 0 saturated heterocycles. The number of hydrogen-bond donors (Lipinski definition) is 2. The fourth-order valence-corrected chi connectivity index (χ4v) is 1.50. The Bertz CT molecular complexity index is 132. The van der Waals surface area contributed by atoms with Gasteiger partial charge in [-0.05, 0) is 39.5 Å². The lowest BCUT2D eigenvalue weighted by molar-refractivity contribution is 0.0465. The molecule has 86 valence electrons. The first-order valence-electron chi connectivity index (χ1n) is 5.42. The summed E-state index contributed by atoms with van der Waals surface area (Å²) < 4.78 is 0. The third-order valence-electron chi connectivity index (χ3n) is 2.26. The number of hydrogen-bond acceptors (Lipinski definition) is 2. The molecule has 0 heterocycles. The van der Waals surface area contributed by atoms with Crippen molar-refractivity contribution >= 4 is 11.6 Å². The van der Waals surface area contributed by atoms with Crippen LogP contribution in [0.15, 0.2) is 0 Å². The number of unbranched alkanes of at least 4 members (excludes halogenated alkanes) is 2. The van der Waals surface area contributed by atoms with Gasteiger partial charge < -0.3 is 10.2 Å². The molecule has 0 rings (SSSR count). The van der Waals surface area contributed by atoms with Gasteiger partial charge in [0.15, 0.2) is 0 Å². The molecule has 0 radical (unpaired) electrons. The largest absolute Gasteiger partial charge is 0.393 e. The second kappa shape index (κ2) is 7.49. The van der Waals surface area contributed by atoms with Crippen molar-refractivity contribution in [1.29, 1.82) is 0 Å². The fraction of sp³-hybridized carbons (Fsp3) is 1.00. The van der Waals surface area contributed by atoms with Crippen LogP contribution in [0, 0.1) is 0 Å². The predicted molar refractivity (Wildman–Crippen MR) is 60.7 cm³/mol. The maximum absolute atomic E-state index is 9.57. The standard InChI is InChI=1S/C11H23ClO2/c1-11(2,14)8-7-10(13)6-4-3-5-9-12/h10,13-14H,3-9H2,1-2H3. The lowest BCUT2D eigenvalue weighted by Gasteiger charge is -2.19. The van der Waals surface area contributed by atoms with Crippen molar-refractivity contribution in [2.75, 3.05) is 5.88 Å². The molecule has 1 unspecified atom stereocenters. The molecule has 0 aliphatic heterocycles. The van der Waals surface area contributed by atoms with Crippen molar-refractivity contribution in [2.24, 2.45) is 0 Å². The Morgan fingerprint density at radius 2 is 1.79 bits per heavy atom. The van der Waals surface area contributed by atoms with Crippen molar-refractivity contribution in [3.8, 4) is 0 Å². The van der Waals surface area contributed by atoms with Crippen LogP contribution in [0.2, 0.25) is 0 Å². The van der Waals surface area contributed by atoms with Gasteiger partial charge in [-0.1, -0.05) is 12.8 Å². The zero-order chi connectivity index (χ0) is 11.0. The van der Waals surface area contributed by atoms with E-state index < -0.39 is 5.60 Å². The summed E-state index contributed by atoms with van der Waals surface area (Å²) >= 11 is 5.54. The number of rotatable bonds is 8. The Morgan fingerprint density at radius 1 is 1.14 bits per heavy atom. The summed E-state index contributed by atoms with van der Waals surface area (Å²) in [5.74, 6) is 0.708. The van der Waals surface area contributed by atoms with E-state index in [0.29, 0.717) is 18.7 Å². The lowest BCUT2D eigenvalue weighted by atomic mass is 9.98. The normalized spacial score (nSPS) is 14.4. The molecule has 0 aromatic rings. The van der Waals surface area contributed by atoms with E-state index in [9.17, 15) is 10.2 Å². The average Bonchev–Trinajstić information content (AvgIpc) is 2.08. The van der Waals surface area contributed by atoms with Crippen LogP contribution >= 0.6 is 11.6 Å². The Kier molecular flexibility index (Phi) is 7.61. The Labute approximate surface area is 92.3 Å². The molecule has 0 aliphatic carbocycles. The van der Waals surface area contributed by atoms with Gasteiger partial charge in [-0.3, -0.25) is 0 Å². The van der Waals surface area contributed by atoms with Crippen molar-refractivity contribution in [3.63, 3.8) is 0 Å². The Hall–Kier alpha value is 0.210. The SMILES string of the molecule is CC(C)(O)CCC(O)CCCCCCl. The van der Waals surface area contributed by atoms with Gasteiger partial charge >= 0.3 is 0 Å². The second-order valence-corrected chi connectivity index (χ2v) is 4.92. The minimum Gasteiger partial charge on any atom is -0.393 e. The van der Waals surface area contributed by atoms with E-state index in [1.54, 1.807) is 13.8 Å². The van der Waals surface area contributed by atoms with Gasteiger partial charge in [-0.25, -0.2) is 0 Å². The number of aliphatic hydroxyl groups excluding tert-OH is 1. The van der Waals surface area contributed by atoms with Crippen LogP contribution in [0.5, 0.6) is 0 Å². The molecule has 2 N–H and O–H groups in total. The number of halogens is 1. The van der Waals surface area contributed by atoms with Crippen LogP contribution in [-0.2, 0) is 0 Å². The lowest BCUT2D eigenvalue weighted by Crippen LogP contribution is -2.21. The highest BCUT2D eigenvalue weighted by Gasteiger charge is 2.14. The van der Waals surface area contributed by atoms with Crippen molar-refractivity contribution in [3.05, 3.63) is 0 Å². The highest BCUT2D eigenvalue weighted by Crippen LogP contribution is 2.15. The van der Waals surface area contributed by atoms with Gasteiger partial charge in [0.2, 0.25) is 0 Å². The second-order valence-electron chi connectivity index (χ2n) is 4.54. The molecular formula is C11H23ClO2. The third-order valence-corrected chi connectivity index (χ3v) is 2.53. The van der Waals surface area contributed by atoms with Gasteiger partial charge in [-0.15, -0.1) is 11.6 Å². The fourth-order valence-electron chi connectivity index (χ4n) is 1.32. The summed E-state index contributed by atoms with van der Waals surface area (Å²) in [4.78, 5) is 0. The van der Waals surface area contributed by atoms with Gasteiger partial charge in [-0.2, -0.15) is 0 Å². The first-order chi connectivity index (χ1) is 6.45. The summed E-state index contributed by atoms with van der Waals surface area (Å²) in [7, 11) is 0. The number of alkyl halides is 1. The van der Waals surface area contributed by atoms with E-state index in [4.69, 9.17) is 11.6 Å². The highest BCUT2D eigenvalue weighted by molar-refractivity contribution is 6.17. The van der Waals surface area contributed by atoms with Crippen LogP contribution < -0.4 is 0 Å².